The van der Waals surface area contributed by atoms with E-state index in [-0.39, 0.29) is 6.61 Å². The molecule has 0 radical (unpaired) electrons. The summed E-state index contributed by atoms with van der Waals surface area (Å²) in [6.45, 7) is 1.78. The van der Waals surface area contributed by atoms with Gasteiger partial charge in [0.1, 0.15) is 0 Å². The van der Waals surface area contributed by atoms with Crippen LogP contribution in [0, 0.1) is 11.6 Å². The standard InChI is InChI=1S/C13H19F2NO3/c1-18-4-5-19-9-11(17)8-16-7-10-2-3-12(14)13(15)6-10/h2-3,6,11,16-17H,4-5,7-9H2,1H3. The zero-order chi connectivity index (χ0) is 14.1. The van der Waals surface area contributed by atoms with E-state index in [1.165, 1.54) is 6.07 Å². The third-order valence-corrected chi connectivity index (χ3v) is 2.44. The number of halogens is 2. The molecular formula is C13H19F2NO3. The van der Waals surface area contributed by atoms with E-state index < -0.39 is 17.7 Å². The molecule has 1 aromatic carbocycles. The van der Waals surface area contributed by atoms with Gasteiger partial charge in [-0.3, -0.25) is 0 Å². The van der Waals surface area contributed by atoms with Gasteiger partial charge >= 0.3 is 0 Å². The highest BCUT2D eigenvalue weighted by Crippen LogP contribution is 2.08. The molecule has 108 valence electrons. The Labute approximate surface area is 111 Å². The summed E-state index contributed by atoms with van der Waals surface area (Å²) in [5.74, 6) is -1.74. The van der Waals surface area contributed by atoms with Gasteiger partial charge in [0.15, 0.2) is 11.6 Å². The van der Waals surface area contributed by atoms with Crippen LogP contribution in [0.1, 0.15) is 5.56 Å². The molecule has 0 spiro atoms. The van der Waals surface area contributed by atoms with Gasteiger partial charge in [0.2, 0.25) is 0 Å². The molecule has 2 N–H and O–H groups in total. The number of ether oxygens (including phenoxy) is 2. The molecule has 0 aliphatic heterocycles. The van der Waals surface area contributed by atoms with Crippen molar-refractivity contribution in [1.29, 1.82) is 0 Å². The Bertz CT molecular complexity index is 377. The quantitative estimate of drug-likeness (QED) is 0.662. The van der Waals surface area contributed by atoms with Crippen molar-refractivity contribution in [3.63, 3.8) is 0 Å². The van der Waals surface area contributed by atoms with Crippen LogP contribution in [0.25, 0.3) is 0 Å². The summed E-state index contributed by atoms with van der Waals surface area (Å²) in [5, 5.41) is 12.5. The fourth-order valence-corrected chi connectivity index (χ4v) is 1.45. The normalized spacial score (nSPS) is 12.6. The van der Waals surface area contributed by atoms with E-state index in [0.717, 1.165) is 12.1 Å². The molecule has 0 amide bonds. The van der Waals surface area contributed by atoms with Crippen LogP contribution in [0.2, 0.25) is 0 Å². The zero-order valence-corrected chi connectivity index (χ0v) is 10.9. The minimum atomic E-state index is -0.872. The van der Waals surface area contributed by atoms with Crippen LogP contribution >= 0.6 is 0 Å². The molecule has 1 aromatic rings. The number of hydrogen-bond donors (Lipinski definition) is 2. The van der Waals surface area contributed by atoms with Gasteiger partial charge in [-0.1, -0.05) is 6.07 Å². The number of hydrogen-bond acceptors (Lipinski definition) is 4. The second-order valence-electron chi connectivity index (χ2n) is 4.10. The summed E-state index contributed by atoms with van der Waals surface area (Å²) < 4.78 is 35.6. The average Bonchev–Trinajstić information content (AvgIpc) is 2.39. The van der Waals surface area contributed by atoms with Crippen molar-refractivity contribution in [3.05, 3.63) is 35.4 Å². The Hall–Kier alpha value is -1.08. The van der Waals surface area contributed by atoms with Gasteiger partial charge in [0, 0.05) is 20.2 Å². The van der Waals surface area contributed by atoms with Gasteiger partial charge in [-0.25, -0.2) is 8.78 Å². The van der Waals surface area contributed by atoms with Gasteiger partial charge in [0.25, 0.3) is 0 Å². The van der Waals surface area contributed by atoms with Crippen LogP contribution in [0.4, 0.5) is 8.78 Å². The molecule has 0 aromatic heterocycles. The molecule has 6 heteroatoms. The van der Waals surface area contributed by atoms with E-state index >= 15 is 0 Å². The van der Waals surface area contributed by atoms with Crippen molar-refractivity contribution in [2.24, 2.45) is 0 Å². The van der Waals surface area contributed by atoms with E-state index in [1.54, 1.807) is 7.11 Å². The molecule has 19 heavy (non-hydrogen) atoms. The highest BCUT2D eigenvalue weighted by Gasteiger charge is 2.05. The van der Waals surface area contributed by atoms with Crippen molar-refractivity contribution in [3.8, 4) is 0 Å². The Morgan fingerprint density at radius 1 is 1.26 bits per heavy atom. The Kier molecular flexibility index (Phi) is 7.50. The monoisotopic (exact) mass is 275 g/mol. The lowest BCUT2D eigenvalue weighted by atomic mass is 10.2. The average molecular weight is 275 g/mol. The van der Waals surface area contributed by atoms with E-state index in [1.807, 2.05) is 0 Å². The number of rotatable bonds is 9. The molecule has 0 saturated carbocycles. The molecule has 0 fully saturated rings. The van der Waals surface area contributed by atoms with E-state index in [9.17, 15) is 13.9 Å². The second-order valence-corrected chi connectivity index (χ2v) is 4.10. The van der Waals surface area contributed by atoms with Gasteiger partial charge < -0.3 is 19.9 Å². The first-order chi connectivity index (χ1) is 9.13. The summed E-state index contributed by atoms with van der Waals surface area (Å²) >= 11 is 0. The second kappa shape index (κ2) is 8.92. The third kappa shape index (κ3) is 6.58. The lowest BCUT2D eigenvalue weighted by molar-refractivity contribution is 0.0137. The molecule has 1 unspecified atom stereocenters. The lowest BCUT2D eigenvalue weighted by Crippen LogP contribution is -2.30. The number of aliphatic hydroxyl groups excluding tert-OH is 1. The van der Waals surface area contributed by atoms with Crippen molar-refractivity contribution in [2.75, 3.05) is 33.5 Å². The summed E-state index contributed by atoms with van der Waals surface area (Å²) in [6, 6.07) is 3.70. The van der Waals surface area contributed by atoms with Gasteiger partial charge in [0.05, 0.1) is 25.9 Å². The van der Waals surface area contributed by atoms with Gasteiger partial charge in [-0.15, -0.1) is 0 Å². The Morgan fingerprint density at radius 2 is 2.05 bits per heavy atom. The first kappa shape index (κ1) is 16.0. The number of methoxy groups -OCH3 is 1. The minimum absolute atomic E-state index is 0.203. The summed E-state index contributed by atoms with van der Waals surface area (Å²) in [6.07, 6.45) is -0.651. The van der Waals surface area contributed by atoms with Crippen molar-refractivity contribution in [1.82, 2.24) is 5.32 Å². The smallest absolute Gasteiger partial charge is 0.159 e. The molecule has 0 aliphatic rings. The van der Waals surface area contributed by atoms with Crippen LogP contribution < -0.4 is 5.32 Å². The fraction of sp³-hybridized carbons (Fsp3) is 0.538. The van der Waals surface area contributed by atoms with Crippen LogP contribution in [0.5, 0.6) is 0 Å². The highest BCUT2D eigenvalue weighted by molar-refractivity contribution is 5.17. The van der Waals surface area contributed by atoms with Gasteiger partial charge in [-0.2, -0.15) is 0 Å². The zero-order valence-electron chi connectivity index (χ0n) is 10.9. The molecule has 0 heterocycles. The maximum Gasteiger partial charge on any atom is 0.159 e. The molecule has 0 aliphatic carbocycles. The van der Waals surface area contributed by atoms with E-state index in [2.05, 4.69) is 5.32 Å². The van der Waals surface area contributed by atoms with E-state index in [0.29, 0.717) is 31.9 Å². The maximum absolute atomic E-state index is 12.9. The topological polar surface area (TPSA) is 50.7 Å². The first-order valence-corrected chi connectivity index (χ1v) is 6.03. The highest BCUT2D eigenvalue weighted by atomic mass is 19.2. The maximum atomic E-state index is 12.9. The molecule has 1 atom stereocenters. The lowest BCUT2D eigenvalue weighted by Gasteiger charge is -2.12. The van der Waals surface area contributed by atoms with Crippen LogP contribution in [-0.2, 0) is 16.0 Å². The number of aliphatic hydroxyl groups is 1. The van der Waals surface area contributed by atoms with Crippen molar-refractivity contribution >= 4 is 0 Å². The van der Waals surface area contributed by atoms with Crippen molar-refractivity contribution < 1.29 is 23.4 Å². The predicted octanol–water partition coefficient (Wildman–Crippen LogP) is 1.08. The Morgan fingerprint density at radius 3 is 2.74 bits per heavy atom. The Balaban J connectivity index is 2.17. The van der Waals surface area contributed by atoms with Crippen LogP contribution in [0.3, 0.4) is 0 Å². The molecule has 4 nitrogen and oxygen atoms in total. The van der Waals surface area contributed by atoms with Gasteiger partial charge in [-0.05, 0) is 17.7 Å². The number of benzene rings is 1. The largest absolute Gasteiger partial charge is 0.389 e. The SMILES string of the molecule is COCCOCC(O)CNCc1ccc(F)c(F)c1. The van der Waals surface area contributed by atoms with Crippen molar-refractivity contribution in [2.45, 2.75) is 12.6 Å². The molecular weight excluding hydrogens is 256 g/mol. The van der Waals surface area contributed by atoms with E-state index in [4.69, 9.17) is 9.47 Å². The van der Waals surface area contributed by atoms with Crippen LogP contribution in [-0.4, -0.2) is 44.7 Å². The fourth-order valence-electron chi connectivity index (χ4n) is 1.45. The third-order valence-electron chi connectivity index (χ3n) is 2.44. The molecule has 0 bridgehead atoms. The molecule has 1 rings (SSSR count). The number of nitrogens with one attached hydrogen (secondary N) is 1. The summed E-state index contributed by atoms with van der Waals surface area (Å²) in [7, 11) is 1.57. The first-order valence-electron chi connectivity index (χ1n) is 6.03. The molecule has 0 saturated heterocycles. The van der Waals surface area contributed by atoms with Crippen LogP contribution in [0.15, 0.2) is 18.2 Å². The summed E-state index contributed by atoms with van der Waals surface area (Å²) in [4.78, 5) is 0. The summed E-state index contributed by atoms with van der Waals surface area (Å²) in [5.41, 5.74) is 0.617. The minimum Gasteiger partial charge on any atom is -0.389 e. The predicted molar refractivity (Wildman–Crippen MR) is 66.8 cm³/mol.